The Morgan fingerprint density at radius 2 is 1.85 bits per heavy atom. The zero-order chi connectivity index (χ0) is 14.1. The largest absolute Gasteiger partial charge is 0.337 e. The highest BCUT2D eigenvalue weighted by atomic mass is 15.3. The lowest BCUT2D eigenvalue weighted by Gasteiger charge is -2.18. The Bertz CT molecular complexity index is 713. The molecule has 6 heteroatoms. The molecule has 3 aromatic rings. The average molecular weight is 270 g/mol. The van der Waals surface area contributed by atoms with E-state index >= 15 is 0 Å². The number of nitrogens with one attached hydrogen (secondary N) is 1. The van der Waals surface area contributed by atoms with Crippen molar-refractivity contribution >= 4 is 5.65 Å². The number of pyridine rings is 1. The van der Waals surface area contributed by atoms with Gasteiger partial charge in [-0.3, -0.25) is 9.72 Å². The van der Waals surface area contributed by atoms with E-state index in [1.165, 1.54) is 0 Å². The van der Waals surface area contributed by atoms with Gasteiger partial charge in [-0.1, -0.05) is 6.07 Å². The number of rotatable bonds is 4. The van der Waals surface area contributed by atoms with E-state index in [0.29, 0.717) is 0 Å². The van der Waals surface area contributed by atoms with Crippen LogP contribution in [0, 0.1) is 0 Å². The third-order valence-corrected chi connectivity index (χ3v) is 3.47. The van der Waals surface area contributed by atoms with Crippen LogP contribution >= 0.6 is 0 Å². The molecule has 3 heterocycles. The molecule has 0 aliphatic rings. The standard InChI is InChI=1S/C14H18N6/c1-10(13-15-7-9-19(13)3)16-11(2)14-18-17-12-6-4-5-8-20(12)14/h4-11,16H,1-3H3. The van der Waals surface area contributed by atoms with E-state index in [4.69, 9.17) is 0 Å². The lowest BCUT2D eigenvalue weighted by atomic mass is 10.2. The van der Waals surface area contributed by atoms with Crippen LogP contribution in [0.25, 0.3) is 5.65 Å². The summed E-state index contributed by atoms with van der Waals surface area (Å²) in [5, 5.41) is 12.0. The van der Waals surface area contributed by atoms with Crippen LogP contribution in [0.15, 0.2) is 36.8 Å². The van der Waals surface area contributed by atoms with E-state index in [-0.39, 0.29) is 12.1 Å². The summed E-state index contributed by atoms with van der Waals surface area (Å²) in [6.07, 6.45) is 5.74. The topological polar surface area (TPSA) is 60.0 Å². The van der Waals surface area contributed by atoms with Gasteiger partial charge >= 0.3 is 0 Å². The molecule has 6 nitrogen and oxygen atoms in total. The number of hydrogen-bond donors (Lipinski definition) is 1. The summed E-state index contributed by atoms with van der Waals surface area (Å²) in [5.41, 5.74) is 0.862. The summed E-state index contributed by atoms with van der Waals surface area (Å²) >= 11 is 0. The highest BCUT2D eigenvalue weighted by Crippen LogP contribution is 2.17. The number of nitrogens with zero attached hydrogens (tertiary/aromatic N) is 5. The number of hydrogen-bond acceptors (Lipinski definition) is 4. The summed E-state index contributed by atoms with van der Waals surface area (Å²) in [6, 6.07) is 6.11. The Hall–Kier alpha value is -2.21. The molecule has 0 radical (unpaired) electrons. The van der Waals surface area contributed by atoms with E-state index in [1.807, 2.05) is 52.8 Å². The molecule has 0 amide bonds. The number of fused-ring (bicyclic) bond motifs is 1. The van der Waals surface area contributed by atoms with Crippen molar-refractivity contribution in [3.8, 4) is 0 Å². The fourth-order valence-corrected chi connectivity index (χ4v) is 2.47. The van der Waals surface area contributed by atoms with Crippen molar-refractivity contribution in [1.82, 2.24) is 29.5 Å². The molecule has 0 fully saturated rings. The van der Waals surface area contributed by atoms with Crippen LogP contribution in [0.3, 0.4) is 0 Å². The van der Waals surface area contributed by atoms with Crippen LogP contribution < -0.4 is 5.32 Å². The van der Waals surface area contributed by atoms with Crippen molar-refractivity contribution in [3.05, 3.63) is 48.4 Å². The Kier molecular flexibility index (Phi) is 3.23. The minimum atomic E-state index is 0.0825. The maximum atomic E-state index is 4.37. The van der Waals surface area contributed by atoms with Crippen LogP contribution in [0.4, 0.5) is 0 Å². The number of aromatic nitrogens is 5. The SMILES string of the molecule is CC(NC(C)c1nnc2ccccn12)c1nccn1C. The quantitative estimate of drug-likeness (QED) is 0.786. The zero-order valence-corrected chi connectivity index (χ0v) is 11.9. The Labute approximate surface area is 117 Å². The second kappa shape index (κ2) is 5.05. The monoisotopic (exact) mass is 270 g/mol. The molecule has 0 aromatic carbocycles. The van der Waals surface area contributed by atoms with Gasteiger partial charge in [0.2, 0.25) is 0 Å². The molecule has 3 rings (SSSR count). The third kappa shape index (κ3) is 2.18. The van der Waals surface area contributed by atoms with Crippen LogP contribution in [-0.4, -0.2) is 24.1 Å². The fraction of sp³-hybridized carbons (Fsp3) is 0.357. The molecule has 3 aromatic heterocycles. The van der Waals surface area contributed by atoms with Crippen molar-refractivity contribution in [1.29, 1.82) is 0 Å². The lowest BCUT2D eigenvalue weighted by molar-refractivity contribution is 0.450. The Morgan fingerprint density at radius 3 is 2.60 bits per heavy atom. The first-order chi connectivity index (χ1) is 9.66. The molecular weight excluding hydrogens is 252 g/mol. The van der Waals surface area contributed by atoms with Crippen LogP contribution in [-0.2, 0) is 7.05 Å². The van der Waals surface area contributed by atoms with Crippen molar-refractivity contribution in [3.63, 3.8) is 0 Å². The molecule has 104 valence electrons. The van der Waals surface area contributed by atoms with Gasteiger partial charge in [0.05, 0.1) is 12.1 Å². The molecule has 0 aliphatic carbocycles. The van der Waals surface area contributed by atoms with Gasteiger partial charge in [-0.15, -0.1) is 10.2 Å². The summed E-state index contributed by atoms with van der Waals surface area (Å²) in [4.78, 5) is 4.37. The van der Waals surface area contributed by atoms with Gasteiger partial charge in [0.25, 0.3) is 0 Å². The van der Waals surface area contributed by atoms with Gasteiger partial charge in [-0.2, -0.15) is 0 Å². The second-order valence-corrected chi connectivity index (χ2v) is 4.99. The molecule has 20 heavy (non-hydrogen) atoms. The highest BCUT2D eigenvalue weighted by Gasteiger charge is 2.18. The van der Waals surface area contributed by atoms with Crippen molar-refractivity contribution < 1.29 is 0 Å². The van der Waals surface area contributed by atoms with Crippen LogP contribution in [0.2, 0.25) is 0 Å². The molecule has 0 saturated carbocycles. The maximum Gasteiger partial charge on any atom is 0.160 e. The van der Waals surface area contributed by atoms with Crippen molar-refractivity contribution in [2.75, 3.05) is 0 Å². The summed E-state index contributed by atoms with van der Waals surface area (Å²) < 4.78 is 4.02. The smallest absolute Gasteiger partial charge is 0.160 e. The van der Waals surface area contributed by atoms with Gasteiger partial charge < -0.3 is 4.57 Å². The fourth-order valence-electron chi connectivity index (χ4n) is 2.47. The van der Waals surface area contributed by atoms with E-state index in [0.717, 1.165) is 17.3 Å². The molecule has 0 aliphatic heterocycles. The van der Waals surface area contributed by atoms with Crippen molar-refractivity contribution in [2.24, 2.45) is 7.05 Å². The molecule has 2 atom stereocenters. The summed E-state index contributed by atoms with van der Waals surface area (Å²) in [5.74, 6) is 1.91. The average Bonchev–Trinajstić information content (AvgIpc) is 3.04. The normalized spacial score (nSPS) is 14.6. The van der Waals surface area contributed by atoms with E-state index in [9.17, 15) is 0 Å². The van der Waals surface area contributed by atoms with Crippen molar-refractivity contribution in [2.45, 2.75) is 25.9 Å². The molecule has 1 N–H and O–H groups in total. The van der Waals surface area contributed by atoms with Crippen LogP contribution in [0.1, 0.15) is 37.6 Å². The molecule has 0 bridgehead atoms. The second-order valence-electron chi connectivity index (χ2n) is 4.99. The molecule has 2 unspecified atom stereocenters. The molecular formula is C14H18N6. The minimum absolute atomic E-state index is 0.0825. The van der Waals surface area contributed by atoms with Gasteiger partial charge in [-0.25, -0.2) is 4.98 Å². The zero-order valence-electron chi connectivity index (χ0n) is 11.9. The van der Waals surface area contributed by atoms with E-state index < -0.39 is 0 Å². The third-order valence-electron chi connectivity index (χ3n) is 3.47. The Balaban J connectivity index is 1.83. The predicted octanol–water partition coefficient (Wildman–Crippen LogP) is 1.87. The predicted molar refractivity (Wildman–Crippen MR) is 76.2 cm³/mol. The highest BCUT2D eigenvalue weighted by molar-refractivity contribution is 5.37. The van der Waals surface area contributed by atoms with Gasteiger partial charge in [0.15, 0.2) is 11.5 Å². The molecule has 0 spiro atoms. The first-order valence-corrected chi connectivity index (χ1v) is 6.69. The summed E-state index contributed by atoms with van der Waals surface area (Å²) in [7, 11) is 2.00. The minimum Gasteiger partial charge on any atom is -0.337 e. The Morgan fingerprint density at radius 1 is 1.05 bits per heavy atom. The number of aryl methyl sites for hydroxylation is 1. The maximum absolute atomic E-state index is 4.37. The van der Waals surface area contributed by atoms with Gasteiger partial charge in [0, 0.05) is 25.6 Å². The number of imidazole rings is 1. The summed E-state index contributed by atoms with van der Waals surface area (Å²) in [6.45, 7) is 4.19. The van der Waals surface area contributed by atoms with Gasteiger partial charge in [-0.05, 0) is 26.0 Å². The first kappa shape index (κ1) is 12.8. The van der Waals surface area contributed by atoms with E-state index in [2.05, 4.69) is 34.3 Å². The van der Waals surface area contributed by atoms with E-state index in [1.54, 1.807) is 0 Å². The molecule has 0 saturated heterocycles. The lowest BCUT2D eigenvalue weighted by Crippen LogP contribution is -2.26. The van der Waals surface area contributed by atoms with Crippen LogP contribution in [0.5, 0.6) is 0 Å². The first-order valence-electron chi connectivity index (χ1n) is 6.69. The van der Waals surface area contributed by atoms with Gasteiger partial charge in [0.1, 0.15) is 5.82 Å².